The van der Waals surface area contributed by atoms with E-state index >= 15 is 0 Å². The van der Waals surface area contributed by atoms with Gasteiger partial charge in [-0.2, -0.15) is 4.98 Å². The predicted molar refractivity (Wildman–Crippen MR) is 74.8 cm³/mol. The summed E-state index contributed by atoms with van der Waals surface area (Å²) in [6, 6.07) is 5.62. The molecule has 2 aromatic rings. The molecule has 102 valence electrons. The molecule has 6 heteroatoms. The Labute approximate surface area is 120 Å². The second kappa shape index (κ2) is 6.16. The van der Waals surface area contributed by atoms with Gasteiger partial charge in [-0.3, -0.25) is 0 Å². The van der Waals surface area contributed by atoms with E-state index in [9.17, 15) is 0 Å². The molecule has 0 aliphatic heterocycles. The second-order valence-electron chi connectivity index (χ2n) is 4.22. The number of benzene rings is 1. The van der Waals surface area contributed by atoms with Gasteiger partial charge in [0.2, 0.25) is 0 Å². The molecule has 2 rings (SSSR count). The molecule has 2 N–H and O–H groups in total. The van der Waals surface area contributed by atoms with Crippen molar-refractivity contribution < 1.29 is 9.26 Å². The largest absolute Gasteiger partial charge is 0.483 e. The van der Waals surface area contributed by atoms with Crippen molar-refractivity contribution in [3.05, 3.63) is 40.0 Å². The van der Waals surface area contributed by atoms with Gasteiger partial charge >= 0.3 is 0 Å². The Bertz CT molecular complexity index is 555. The van der Waals surface area contributed by atoms with Crippen LogP contribution in [0, 0.1) is 0 Å². The van der Waals surface area contributed by atoms with Crippen LogP contribution in [0.25, 0.3) is 0 Å². The van der Waals surface area contributed by atoms with Crippen molar-refractivity contribution in [1.29, 1.82) is 0 Å². The maximum absolute atomic E-state index is 5.93. The average molecular weight is 326 g/mol. The molecule has 0 fully saturated rings. The van der Waals surface area contributed by atoms with E-state index in [0.29, 0.717) is 11.7 Å². The quantitative estimate of drug-likeness (QED) is 0.914. The number of nitrogens with two attached hydrogens (primary N) is 1. The molecule has 0 radical (unpaired) electrons. The van der Waals surface area contributed by atoms with Gasteiger partial charge in [-0.05, 0) is 25.1 Å². The van der Waals surface area contributed by atoms with Gasteiger partial charge < -0.3 is 15.0 Å². The van der Waals surface area contributed by atoms with E-state index < -0.39 is 0 Å². The minimum atomic E-state index is -0.110. The molecule has 1 heterocycles. The molecule has 0 amide bonds. The lowest BCUT2D eigenvalue weighted by molar-refractivity contribution is 0.240. The van der Waals surface area contributed by atoms with E-state index in [4.69, 9.17) is 15.0 Å². The van der Waals surface area contributed by atoms with Crippen molar-refractivity contribution in [2.45, 2.75) is 32.9 Å². The first-order valence-corrected chi connectivity index (χ1v) is 6.88. The summed E-state index contributed by atoms with van der Waals surface area (Å²) in [6.07, 6.45) is 0.743. The first-order valence-electron chi connectivity index (χ1n) is 6.09. The molecule has 0 bridgehead atoms. The first-order chi connectivity index (χ1) is 9.10. The standard InChI is InChI=1S/C13H16BrN3O2/c1-3-12-16-13(19-17-12)7-18-11-5-4-9(14)6-10(11)8(2)15/h4-6,8H,3,7,15H2,1-2H3. The topological polar surface area (TPSA) is 74.2 Å². The SMILES string of the molecule is CCc1noc(COc2ccc(Br)cc2C(C)N)n1. The summed E-state index contributed by atoms with van der Waals surface area (Å²) in [7, 11) is 0. The van der Waals surface area contributed by atoms with Gasteiger partial charge in [0.1, 0.15) is 5.75 Å². The Balaban J connectivity index is 2.10. The number of hydrogen-bond acceptors (Lipinski definition) is 5. The van der Waals surface area contributed by atoms with Crippen molar-refractivity contribution in [1.82, 2.24) is 10.1 Å². The van der Waals surface area contributed by atoms with Crippen LogP contribution in [0.3, 0.4) is 0 Å². The molecule has 0 aliphatic rings. The third-order valence-corrected chi connectivity index (χ3v) is 3.13. The van der Waals surface area contributed by atoms with Crippen LogP contribution in [0.2, 0.25) is 0 Å². The maximum Gasteiger partial charge on any atom is 0.264 e. The van der Waals surface area contributed by atoms with Crippen LogP contribution in [0.15, 0.2) is 27.2 Å². The van der Waals surface area contributed by atoms with Crippen molar-refractivity contribution in [3.8, 4) is 5.75 Å². The van der Waals surface area contributed by atoms with Crippen LogP contribution in [0.4, 0.5) is 0 Å². The highest BCUT2D eigenvalue weighted by molar-refractivity contribution is 9.10. The zero-order valence-corrected chi connectivity index (χ0v) is 12.5. The number of ether oxygens (including phenoxy) is 1. The van der Waals surface area contributed by atoms with Crippen molar-refractivity contribution in [2.75, 3.05) is 0 Å². The van der Waals surface area contributed by atoms with Crippen molar-refractivity contribution in [2.24, 2.45) is 5.73 Å². The molecule has 1 atom stereocenters. The van der Waals surface area contributed by atoms with Gasteiger partial charge in [0, 0.05) is 22.5 Å². The zero-order valence-electron chi connectivity index (χ0n) is 10.9. The predicted octanol–water partition coefficient (Wildman–Crippen LogP) is 2.99. The van der Waals surface area contributed by atoms with Gasteiger partial charge in [0.05, 0.1) is 0 Å². The Hall–Kier alpha value is -1.40. The second-order valence-corrected chi connectivity index (χ2v) is 5.13. The van der Waals surface area contributed by atoms with Gasteiger partial charge in [-0.15, -0.1) is 0 Å². The minimum absolute atomic E-state index is 0.110. The Morgan fingerprint density at radius 2 is 2.26 bits per heavy atom. The molecule has 5 nitrogen and oxygen atoms in total. The number of hydrogen-bond donors (Lipinski definition) is 1. The highest BCUT2D eigenvalue weighted by Crippen LogP contribution is 2.28. The van der Waals surface area contributed by atoms with Crippen LogP contribution < -0.4 is 10.5 Å². The molecule has 19 heavy (non-hydrogen) atoms. The number of nitrogens with zero attached hydrogens (tertiary/aromatic N) is 2. The van der Waals surface area contributed by atoms with E-state index in [1.54, 1.807) is 0 Å². The molecule has 0 aliphatic carbocycles. The van der Waals surface area contributed by atoms with Crippen LogP contribution in [-0.4, -0.2) is 10.1 Å². The molecular formula is C13H16BrN3O2. The number of halogens is 1. The molecular weight excluding hydrogens is 310 g/mol. The molecule has 0 saturated heterocycles. The van der Waals surface area contributed by atoms with E-state index in [0.717, 1.165) is 22.2 Å². The molecule has 1 aromatic heterocycles. The average Bonchev–Trinajstić information content (AvgIpc) is 2.85. The van der Waals surface area contributed by atoms with Gasteiger partial charge in [-0.25, -0.2) is 0 Å². The van der Waals surface area contributed by atoms with Crippen molar-refractivity contribution in [3.63, 3.8) is 0 Å². The fourth-order valence-electron chi connectivity index (χ4n) is 1.64. The van der Waals surface area contributed by atoms with Crippen LogP contribution in [0.5, 0.6) is 5.75 Å². The fourth-order valence-corrected chi connectivity index (χ4v) is 2.02. The van der Waals surface area contributed by atoms with E-state index in [1.165, 1.54) is 0 Å². The van der Waals surface area contributed by atoms with E-state index in [2.05, 4.69) is 26.1 Å². The monoisotopic (exact) mass is 325 g/mol. The van der Waals surface area contributed by atoms with Gasteiger partial charge in [0.25, 0.3) is 5.89 Å². The van der Waals surface area contributed by atoms with E-state index in [-0.39, 0.29) is 12.6 Å². The van der Waals surface area contributed by atoms with Crippen LogP contribution >= 0.6 is 15.9 Å². The number of aromatic nitrogens is 2. The van der Waals surface area contributed by atoms with Crippen LogP contribution in [-0.2, 0) is 13.0 Å². The summed E-state index contributed by atoms with van der Waals surface area (Å²) in [5, 5.41) is 3.82. The summed E-state index contributed by atoms with van der Waals surface area (Å²) in [5.41, 5.74) is 6.86. The Morgan fingerprint density at radius 1 is 1.47 bits per heavy atom. The smallest absolute Gasteiger partial charge is 0.264 e. The van der Waals surface area contributed by atoms with Gasteiger partial charge in [0.15, 0.2) is 12.4 Å². The Morgan fingerprint density at radius 3 is 2.89 bits per heavy atom. The number of aryl methyl sites for hydroxylation is 1. The molecule has 0 spiro atoms. The summed E-state index contributed by atoms with van der Waals surface area (Å²) < 4.78 is 11.7. The lowest BCUT2D eigenvalue weighted by atomic mass is 10.1. The molecule has 1 unspecified atom stereocenters. The lowest BCUT2D eigenvalue weighted by Gasteiger charge is -2.13. The third-order valence-electron chi connectivity index (χ3n) is 2.64. The highest BCUT2D eigenvalue weighted by Gasteiger charge is 2.11. The Kier molecular flexibility index (Phi) is 4.55. The normalized spacial score (nSPS) is 12.4. The van der Waals surface area contributed by atoms with Crippen LogP contribution in [0.1, 0.15) is 37.2 Å². The number of rotatable bonds is 5. The van der Waals surface area contributed by atoms with Gasteiger partial charge in [-0.1, -0.05) is 28.0 Å². The zero-order chi connectivity index (χ0) is 13.8. The summed E-state index contributed by atoms with van der Waals surface area (Å²) in [5.74, 6) is 1.88. The lowest BCUT2D eigenvalue weighted by Crippen LogP contribution is -2.08. The van der Waals surface area contributed by atoms with E-state index in [1.807, 2.05) is 32.0 Å². The van der Waals surface area contributed by atoms with Crippen molar-refractivity contribution >= 4 is 15.9 Å². The summed E-state index contributed by atoms with van der Waals surface area (Å²) >= 11 is 3.42. The summed E-state index contributed by atoms with van der Waals surface area (Å²) in [4.78, 5) is 4.19. The molecule has 0 saturated carbocycles. The maximum atomic E-state index is 5.93. The summed E-state index contributed by atoms with van der Waals surface area (Å²) in [6.45, 7) is 4.13. The molecule has 1 aromatic carbocycles. The first kappa shape index (κ1) is 14.0. The fraction of sp³-hybridized carbons (Fsp3) is 0.385. The third kappa shape index (κ3) is 3.54. The highest BCUT2D eigenvalue weighted by atomic mass is 79.9. The minimum Gasteiger partial charge on any atom is -0.483 e.